The van der Waals surface area contributed by atoms with Gasteiger partial charge in [-0.25, -0.2) is 9.97 Å². The van der Waals surface area contributed by atoms with Crippen molar-refractivity contribution in [3.05, 3.63) is 36.0 Å². The Morgan fingerprint density at radius 3 is 2.60 bits per heavy atom. The van der Waals surface area contributed by atoms with E-state index < -0.39 is 11.9 Å². The van der Waals surface area contributed by atoms with E-state index in [-0.39, 0.29) is 29.9 Å². The van der Waals surface area contributed by atoms with Gasteiger partial charge in [-0.2, -0.15) is 13.2 Å². The van der Waals surface area contributed by atoms with Crippen LogP contribution in [0.4, 0.5) is 19.1 Å². The lowest BCUT2D eigenvalue weighted by molar-refractivity contribution is -0.141. The second-order valence-electron chi connectivity index (χ2n) is 6.42. The van der Waals surface area contributed by atoms with Gasteiger partial charge in [-0.1, -0.05) is 5.16 Å². The van der Waals surface area contributed by atoms with Crippen molar-refractivity contribution in [2.75, 3.05) is 51.6 Å². The zero-order chi connectivity index (χ0) is 20.7. The maximum Gasteiger partial charge on any atom is 0.433 e. The lowest BCUT2D eigenvalue weighted by Gasteiger charge is -2.36. The number of piperazine rings is 1. The molecule has 0 amide bonds. The van der Waals surface area contributed by atoms with Crippen molar-refractivity contribution in [1.82, 2.24) is 30.2 Å². The van der Waals surface area contributed by atoms with E-state index in [4.69, 9.17) is 4.52 Å². The third kappa shape index (κ3) is 6.97. The minimum absolute atomic E-state index is 0. The first-order valence-corrected chi connectivity index (χ1v) is 9.17. The molecule has 0 atom stereocenters. The molecule has 2 N–H and O–H groups in total. The van der Waals surface area contributed by atoms with Gasteiger partial charge in [0.05, 0.1) is 5.69 Å². The van der Waals surface area contributed by atoms with Gasteiger partial charge >= 0.3 is 6.18 Å². The highest BCUT2D eigenvalue weighted by Gasteiger charge is 2.32. The molecule has 0 radical (unpaired) electrons. The zero-order valence-corrected chi connectivity index (χ0v) is 18.7. The first-order valence-electron chi connectivity index (χ1n) is 9.17. The highest BCUT2D eigenvalue weighted by Crippen LogP contribution is 2.27. The Morgan fingerprint density at radius 1 is 1.20 bits per heavy atom. The number of aromatic nitrogens is 3. The van der Waals surface area contributed by atoms with Crippen molar-refractivity contribution in [3.8, 4) is 0 Å². The Bertz CT molecular complexity index is 795. The summed E-state index contributed by atoms with van der Waals surface area (Å²) < 4.78 is 42.9. The summed E-state index contributed by atoms with van der Waals surface area (Å²) >= 11 is 0. The third-order valence-corrected chi connectivity index (χ3v) is 4.40. The molecule has 0 aliphatic carbocycles. The maximum absolute atomic E-state index is 12.7. The second-order valence-corrected chi connectivity index (χ2v) is 6.42. The van der Waals surface area contributed by atoms with Gasteiger partial charge in [0, 0.05) is 65.1 Å². The molecule has 1 saturated heterocycles. The molecule has 2 aromatic rings. The Balaban J connectivity index is 0.00000320. The number of nitrogens with one attached hydrogen (secondary N) is 2. The molecule has 166 valence electrons. The van der Waals surface area contributed by atoms with Crippen LogP contribution in [-0.2, 0) is 12.7 Å². The fraction of sp³-hybridized carbons (Fsp3) is 0.529. The standard InChI is InChI=1S/C17H23F3N8O.HI/c1-21-16(28-9-7-27(8-10-28)12-13-3-11-29-26-13)24-6-5-23-15-22-4-2-14(25-15)17(18,19)20;/h2-4,11H,5-10,12H2,1H3,(H,21,24)(H,22,23,25);1H. The van der Waals surface area contributed by atoms with E-state index in [1.54, 1.807) is 13.3 Å². The Morgan fingerprint density at radius 2 is 1.97 bits per heavy atom. The molecule has 9 nitrogen and oxygen atoms in total. The van der Waals surface area contributed by atoms with Gasteiger partial charge in [-0.15, -0.1) is 24.0 Å². The summed E-state index contributed by atoms with van der Waals surface area (Å²) in [5.41, 5.74) is -0.0638. The van der Waals surface area contributed by atoms with Gasteiger partial charge in [0.15, 0.2) is 5.96 Å². The zero-order valence-electron chi connectivity index (χ0n) is 16.4. The minimum Gasteiger partial charge on any atom is -0.364 e. The Labute approximate surface area is 189 Å². The SMILES string of the molecule is CN=C(NCCNc1nccc(C(F)(F)F)n1)N1CCN(Cc2ccon2)CC1.I. The van der Waals surface area contributed by atoms with E-state index in [0.29, 0.717) is 13.1 Å². The number of rotatable bonds is 6. The number of nitrogens with zero attached hydrogens (tertiary/aromatic N) is 6. The Hall–Kier alpha value is -2.16. The molecular formula is C17H24F3IN8O. The van der Waals surface area contributed by atoms with Crippen LogP contribution in [0.5, 0.6) is 0 Å². The van der Waals surface area contributed by atoms with Crippen molar-refractivity contribution >= 4 is 35.9 Å². The summed E-state index contributed by atoms with van der Waals surface area (Å²) in [4.78, 5) is 16.0. The van der Waals surface area contributed by atoms with Gasteiger partial charge in [-0.05, 0) is 6.07 Å². The molecule has 0 unspecified atom stereocenters. The maximum atomic E-state index is 12.7. The van der Waals surface area contributed by atoms with Gasteiger partial charge < -0.3 is 20.1 Å². The monoisotopic (exact) mass is 540 g/mol. The van der Waals surface area contributed by atoms with Gasteiger partial charge in [0.25, 0.3) is 0 Å². The average Bonchev–Trinajstić information content (AvgIpc) is 3.22. The fourth-order valence-corrected chi connectivity index (χ4v) is 2.95. The number of halogens is 4. The highest BCUT2D eigenvalue weighted by atomic mass is 127. The van der Waals surface area contributed by atoms with Crippen molar-refractivity contribution in [2.24, 2.45) is 4.99 Å². The van der Waals surface area contributed by atoms with Crippen LogP contribution >= 0.6 is 24.0 Å². The van der Waals surface area contributed by atoms with Crippen molar-refractivity contribution in [3.63, 3.8) is 0 Å². The number of alkyl halides is 3. The van der Waals surface area contributed by atoms with Crippen LogP contribution in [0.2, 0.25) is 0 Å². The summed E-state index contributed by atoms with van der Waals surface area (Å²) in [6, 6.07) is 2.70. The number of hydrogen-bond acceptors (Lipinski definition) is 7. The quantitative estimate of drug-likeness (QED) is 0.249. The first kappa shape index (κ1) is 24.1. The van der Waals surface area contributed by atoms with E-state index in [2.05, 4.69) is 40.6 Å². The number of hydrogen-bond donors (Lipinski definition) is 2. The van der Waals surface area contributed by atoms with Crippen molar-refractivity contribution in [1.29, 1.82) is 0 Å². The number of guanidine groups is 1. The van der Waals surface area contributed by atoms with E-state index in [1.165, 1.54) is 0 Å². The molecule has 1 fully saturated rings. The fourth-order valence-electron chi connectivity index (χ4n) is 2.95. The van der Waals surface area contributed by atoms with Crippen LogP contribution < -0.4 is 10.6 Å². The predicted octanol–water partition coefficient (Wildman–Crippen LogP) is 1.91. The van der Waals surface area contributed by atoms with Crippen LogP contribution in [0.1, 0.15) is 11.4 Å². The molecule has 3 heterocycles. The van der Waals surface area contributed by atoms with Gasteiger partial charge in [-0.3, -0.25) is 9.89 Å². The summed E-state index contributed by atoms with van der Waals surface area (Å²) in [5.74, 6) is 0.691. The van der Waals surface area contributed by atoms with E-state index in [0.717, 1.165) is 56.6 Å². The molecule has 3 rings (SSSR count). The summed E-state index contributed by atoms with van der Waals surface area (Å²) in [7, 11) is 1.70. The summed E-state index contributed by atoms with van der Waals surface area (Å²) in [6.45, 7) is 4.91. The molecule has 0 bridgehead atoms. The van der Waals surface area contributed by atoms with Crippen LogP contribution in [0.3, 0.4) is 0 Å². The third-order valence-electron chi connectivity index (χ3n) is 4.40. The molecule has 1 aliphatic rings. The predicted molar refractivity (Wildman–Crippen MR) is 116 cm³/mol. The van der Waals surface area contributed by atoms with Crippen LogP contribution in [-0.4, -0.2) is 77.2 Å². The van der Waals surface area contributed by atoms with Crippen molar-refractivity contribution in [2.45, 2.75) is 12.7 Å². The van der Waals surface area contributed by atoms with E-state index in [9.17, 15) is 13.2 Å². The van der Waals surface area contributed by atoms with Crippen LogP contribution in [0, 0.1) is 0 Å². The van der Waals surface area contributed by atoms with Crippen LogP contribution in [0.25, 0.3) is 0 Å². The largest absolute Gasteiger partial charge is 0.433 e. The first-order chi connectivity index (χ1) is 14.0. The molecule has 1 aliphatic heterocycles. The molecule has 0 saturated carbocycles. The molecule has 30 heavy (non-hydrogen) atoms. The van der Waals surface area contributed by atoms with E-state index >= 15 is 0 Å². The lowest BCUT2D eigenvalue weighted by atomic mass is 10.3. The normalized spacial score (nSPS) is 15.6. The lowest BCUT2D eigenvalue weighted by Crippen LogP contribution is -2.52. The number of aliphatic imine (C=N–C) groups is 1. The Kier molecular flexibility index (Phi) is 9.08. The highest BCUT2D eigenvalue weighted by molar-refractivity contribution is 14.0. The number of anilines is 1. The van der Waals surface area contributed by atoms with Crippen molar-refractivity contribution < 1.29 is 17.7 Å². The van der Waals surface area contributed by atoms with E-state index in [1.807, 2.05) is 6.07 Å². The summed E-state index contributed by atoms with van der Waals surface area (Å²) in [6.07, 6.45) is -1.84. The topological polar surface area (TPSA) is 94.7 Å². The van der Waals surface area contributed by atoms with Gasteiger partial charge in [0.1, 0.15) is 12.0 Å². The summed E-state index contributed by atoms with van der Waals surface area (Å²) in [5, 5.41) is 9.92. The van der Waals surface area contributed by atoms with Crippen LogP contribution in [0.15, 0.2) is 34.1 Å². The average molecular weight is 540 g/mol. The molecular weight excluding hydrogens is 516 g/mol. The smallest absolute Gasteiger partial charge is 0.364 e. The second kappa shape index (κ2) is 11.3. The molecule has 0 aromatic carbocycles. The van der Waals surface area contributed by atoms with Gasteiger partial charge in [0.2, 0.25) is 5.95 Å². The molecule has 0 spiro atoms. The molecule has 13 heteroatoms. The minimum atomic E-state index is -4.49. The molecule has 2 aromatic heterocycles.